The summed E-state index contributed by atoms with van der Waals surface area (Å²) in [5, 5.41) is 9.21. The van der Waals surface area contributed by atoms with E-state index in [0.717, 1.165) is 0 Å². The molecule has 2 rings (SSSR count). The number of carboxylic acid groups (broad SMARTS) is 1. The molecule has 7 heteroatoms. The van der Waals surface area contributed by atoms with Gasteiger partial charge in [0.25, 0.3) is 0 Å². The van der Waals surface area contributed by atoms with Crippen LogP contribution in [0.1, 0.15) is 44.2 Å². The molecule has 1 aliphatic rings. The molecule has 140 valence electrons. The Labute approximate surface area is 149 Å². The molecule has 1 saturated heterocycles. The van der Waals surface area contributed by atoms with Gasteiger partial charge in [-0.3, -0.25) is 4.79 Å². The molecule has 1 amide bonds. The Morgan fingerprint density at radius 1 is 1.27 bits per heavy atom. The second-order valence-corrected chi connectivity index (χ2v) is 6.09. The van der Waals surface area contributed by atoms with Gasteiger partial charge >= 0.3 is 5.97 Å². The Morgan fingerprint density at radius 3 is 2.38 bits per heavy atom. The van der Waals surface area contributed by atoms with Gasteiger partial charge in [0.1, 0.15) is 17.5 Å². The quantitative estimate of drug-likeness (QED) is 0.607. The maximum absolute atomic E-state index is 14.2. The van der Waals surface area contributed by atoms with Crippen LogP contribution in [-0.4, -0.2) is 27.9 Å². The summed E-state index contributed by atoms with van der Waals surface area (Å²) in [6.45, 7) is 5.16. The van der Waals surface area contributed by atoms with Crippen LogP contribution in [0.5, 0.6) is 0 Å². The van der Waals surface area contributed by atoms with Gasteiger partial charge in [0.2, 0.25) is 5.91 Å². The van der Waals surface area contributed by atoms with Crippen LogP contribution in [0.3, 0.4) is 0 Å². The molecule has 26 heavy (non-hydrogen) atoms. The summed E-state index contributed by atoms with van der Waals surface area (Å²) >= 11 is 0. The van der Waals surface area contributed by atoms with E-state index in [1.165, 1.54) is 17.1 Å². The molecule has 1 aliphatic heterocycles. The maximum Gasteiger partial charge on any atom is 0.331 e. The lowest BCUT2D eigenvalue weighted by Crippen LogP contribution is -2.37. The van der Waals surface area contributed by atoms with Gasteiger partial charge in [0, 0.05) is 29.7 Å². The largest absolute Gasteiger partial charge is 0.478 e. The van der Waals surface area contributed by atoms with Crippen LogP contribution in [0, 0.1) is 17.5 Å². The van der Waals surface area contributed by atoms with Crippen molar-refractivity contribution in [3.05, 3.63) is 59.5 Å². The molecule has 1 aromatic rings. The zero-order valence-corrected chi connectivity index (χ0v) is 14.3. The molecule has 1 aromatic carbocycles. The number of hydrogen-bond acceptors (Lipinski definition) is 2. The summed E-state index contributed by atoms with van der Waals surface area (Å²) in [5.41, 5.74) is -0.264. The van der Waals surface area contributed by atoms with E-state index in [2.05, 4.69) is 6.58 Å². The Bertz CT molecular complexity index is 737. The lowest BCUT2D eigenvalue weighted by molar-refractivity contribution is -0.134. The van der Waals surface area contributed by atoms with E-state index in [4.69, 9.17) is 0 Å². The van der Waals surface area contributed by atoms with Gasteiger partial charge in [-0.2, -0.15) is 0 Å². The fourth-order valence-corrected chi connectivity index (χ4v) is 3.32. The number of carbonyl (C=O) groups is 2. The average Bonchev–Trinajstić information content (AvgIpc) is 2.94. The van der Waals surface area contributed by atoms with Gasteiger partial charge < -0.3 is 10.0 Å². The van der Waals surface area contributed by atoms with Crippen molar-refractivity contribution < 1.29 is 27.9 Å². The number of amides is 1. The molecule has 0 bridgehead atoms. The molecule has 1 fully saturated rings. The van der Waals surface area contributed by atoms with Crippen molar-refractivity contribution in [1.29, 1.82) is 0 Å². The molecule has 0 spiro atoms. The SMILES string of the molecule is C=CCC(=O)N1[C@@H](/C=C(\CC)C(=O)O)CC[C@H]1c1c(F)cc(F)cc1F. The first-order valence-corrected chi connectivity index (χ1v) is 8.30. The van der Waals surface area contributed by atoms with Gasteiger partial charge in [-0.05, 0) is 19.3 Å². The Hall–Kier alpha value is -2.57. The first-order valence-electron chi connectivity index (χ1n) is 8.30. The van der Waals surface area contributed by atoms with E-state index in [1.807, 2.05) is 0 Å². The first kappa shape index (κ1) is 19.8. The van der Waals surface area contributed by atoms with E-state index >= 15 is 0 Å². The number of rotatable bonds is 6. The van der Waals surface area contributed by atoms with E-state index in [1.54, 1.807) is 6.92 Å². The molecule has 0 unspecified atom stereocenters. The standard InChI is InChI=1S/C19H20F3NO3/c1-3-5-17(24)23-13(8-11(4-2)19(25)26)6-7-16(23)18-14(21)9-12(20)10-15(18)22/h3,8-10,13,16H,1,4-7H2,2H3,(H,25,26)/b11-8+/t13-,16+/m1/s1. The van der Waals surface area contributed by atoms with Crippen LogP contribution in [0.25, 0.3) is 0 Å². The molecule has 0 radical (unpaired) electrons. The molecular formula is C19H20F3NO3. The highest BCUT2D eigenvalue weighted by Crippen LogP contribution is 2.40. The molecule has 0 aliphatic carbocycles. The predicted octanol–water partition coefficient (Wildman–Crippen LogP) is 4.13. The minimum absolute atomic E-state index is 0.0558. The van der Waals surface area contributed by atoms with Gasteiger partial charge in [-0.1, -0.05) is 19.1 Å². The number of nitrogens with zero attached hydrogens (tertiary/aromatic N) is 1. The summed E-state index contributed by atoms with van der Waals surface area (Å²) < 4.78 is 41.7. The number of carbonyl (C=O) groups excluding carboxylic acids is 1. The summed E-state index contributed by atoms with van der Waals surface area (Å²) in [7, 11) is 0. The zero-order valence-electron chi connectivity index (χ0n) is 14.3. The highest BCUT2D eigenvalue weighted by atomic mass is 19.1. The second kappa shape index (κ2) is 8.21. The lowest BCUT2D eigenvalue weighted by Gasteiger charge is -2.30. The number of aliphatic carboxylic acids is 1. The molecule has 1 heterocycles. The van der Waals surface area contributed by atoms with E-state index in [0.29, 0.717) is 18.6 Å². The van der Waals surface area contributed by atoms with Crippen LogP contribution >= 0.6 is 0 Å². The van der Waals surface area contributed by atoms with Crippen molar-refractivity contribution in [2.75, 3.05) is 0 Å². The summed E-state index contributed by atoms with van der Waals surface area (Å²) in [6.07, 6.45) is 3.59. The van der Waals surface area contributed by atoms with Crippen molar-refractivity contribution >= 4 is 11.9 Å². The highest BCUT2D eigenvalue weighted by Gasteiger charge is 2.39. The van der Waals surface area contributed by atoms with Crippen molar-refractivity contribution in [3.63, 3.8) is 0 Å². The van der Waals surface area contributed by atoms with Gasteiger partial charge in [-0.25, -0.2) is 18.0 Å². The minimum atomic E-state index is -1.11. The van der Waals surface area contributed by atoms with Gasteiger partial charge in [0.05, 0.1) is 12.1 Å². The second-order valence-electron chi connectivity index (χ2n) is 6.09. The average molecular weight is 367 g/mol. The van der Waals surface area contributed by atoms with Crippen molar-refractivity contribution in [3.8, 4) is 0 Å². The Kier molecular flexibility index (Phi) is 6.23. The third-order valence-corrected chi connectivity index (χ3v) is 4.46. The molecule has 2 atom stereocenters. The third kappa shape index (κ3) is 3.98. The number of halogens is 3. The lowest BCUT2D eigenvalue weighted by atomic mass is 10.0. The zero-order chi connectivity index (χ0) is 19.4. The monoisotopic (exact) mass is 367 g/mol. The molecular weight excluding hydrogens is 347 g/mol. The Balaban J connectivity index is 2.49. The highest BCUT2D eigenvalue weighted by molar-refractivity contribution is 5.87. The van der Waals surface area contributed by atoms with Crippen molar-refractivity contribution in [1.82, 2.24) is 4.90 Å². The van der Waals surface area contributed by atoms with E-state index < -0.39 is 41.4 Å². The summed E-state index contributed by atoms with van der Waals surface area (Å²) in [6, 6.07) is -0.391. The predicted molar refractivity (Wildman–Crippen MR) is 89.7 cm³/mol. The fourth-order valence-electron chi connectivity index (χ4n) is 3.32. The van der Waals surface area contributed by atoms with E-state index in [9.17, 15) is 27.9 Å². The first-order chi connectivity index (χ1) is 12.3. The van der Waals surface area contributed by atoms with Crippen LogP contribution in [0.15, 0.2) is 36.4 Å². The number of carboxylic acids is 1. The van der Waals surface area contributed by atoms with Gasteiger partial charge in [-0.15, -0.1) is 6.58 Å². The summed E-state index contributed by atoms with van der Waals surface area (Å²) in [5.74, 6) is -4.70. The number of benzene rings is 1. The molecule has 1 N–H and O–H groups in total. The van der Waals surface area contributed by atoms with Crippen LogP contribution in [0.4, 0.5) is 13.2 Å². The molecule has 0 aromatic heterocycles. The topological polar surface area (TPSA) is 57.6 Å². The molecule has 0 saturated carbocycles. The third-order valence-electron chi connectivity index (χ3n) is 4.46. The van der Waals surface area contributed by atoms with E-state index in [-0.39, 0.29) is 30.4 Å². The fraction of sp³-hybridized carbons (Fsp3) is 0.368. The smallest absolute Gasteiger partial charge is 0.331 e. The maximum atomic E-state index is 14.2. The Morgan fingerprint density at radius 2 is 1.88 bits per heavy atom. The molecule has 4 nitrogen and oxygen atoms in total. The van der Waals surface area contributed by atoms with Crippen molar-refractivity contribution in [2.24, 2.45) is 0 Å². The number of likely N-dealkylation sites (tertiary alicyclic amines) is 1. The number of hydrogen-bond donors (Lipinski definition) is 1. The van der Waals surface area contributed by atoms with Crippen molar-refractivity contribution in [2.45, 2.75) is 44.7 Å². The summed E-state index contributed by atoms with van der Waals surface area (Å²) in [4.78, 5) is 25.1. The van der Waals surface area contributed by atoms with Crippen LogP contribution in [-0.2, 0) is 9.59 Å². The van der Waals surface area contributed by atoms with Gasteiger partial charge in [0.15, 0.2) is 0 Å². The normalized spacial score (nSPS) is 20.3. The van der Waals surface area contributed by atoms with Crippen LogP contribution in [0.2, 0.25) is 0 Å². The minimum Gasteiger partial charge on any atom is -0.478 e. The van der Waals surface area contributed by atoms with Crippen LogP contribution < -0.4 is 0 Å².